The SMILES string of the molecule is COc1ccc(/C([O-])=C2\C(=O)C(=O)N(Cc3ccc[nH+]c3)C2c2cccc(Cl)c2)cc1OC. The maximum atomic E-state index is 13.6. The zero-order valence-corrected chi connectivity index (χ0v) is 18.8. The van der Waals surface area contributed by atoms with Gasteiger partial charge in [0.1, 0.15) is 0 Å². The summed E-state index contributed by atoms with van der Waals surface area (Å²) in [4.78, 5) is 30.5. The average molecular weight is 465 g/mol. The smallest absolute Gasteiger partial charge is 0.295 e. The second-order valence-corrected chi connectivity index (χ2v) is 7.88. The minimum Gasteiger partial charge on any atom is -0.872 e. The molecule has 1 saturated heterocycles. The van der Waals surface area contributed by atoms with Crippen LogP contribution in [0.2, 0.25) is 5.02 Å². The molecule has 0 spiro atoms. The third kappa shape index (κ3) is 4.27. The molecule has 1 unspecified atom stereocenters. The van der Waals surface area contributed by atoms with Gasteiger partial charge in [-0.15, -0.1) is 0 Å². The second kappa shape index (κ2) is 9.34. The number of rotatable bonds is 6. The topological polar surface area (TPSA) is 93.0 Å². The number of aromatic nitrogens is 1. The van der Waals surface area contributed by atoms with Gasteiger partial charge in [0, 0.05) is 22.2 Å². The lowest BCUT2D eigenvalue weighted by Crippen LogP contribution is -2.29. The van der Waals surface area contributed by atoms with Crippen LogP contribution in [0, 0.1) is 0 Å². The number of methoxy groups -OCH3 is 2. The Bertz CT molecular complexity index is 1240. The number of halogens is 1. The molecule has 0 bridgehead atoms. The fourth-order valence-corrected chi connectivity index (χ4v) is 4.11. The van der Waals surface area contributed by atoms with E-state index in [1.165, 1.54) is 31.3 Å². The van der Waals surface area contributed by atoms with E-state index in [-0.39, 0.29) is 17.7 Å². The van der Waals surface area contributed by atoms with Gasteiger partial charge in [0.15, 0.2) is 23.9 Å². The van der Waals surface area contributed by atoms with Crippen molar-refractivity contribution >= 4 is 29.1 Å². The number of aromatic amines is 1. The van der Waals surface area contributed by atoms with Crippen LogP contribution in [0.4, 0.5) is 0 Å². The van der Waals surface area contributed by atoms with Crippen LogP contribution in [0.15, 0.2) is 72.6 Å². The first-order valence-electron chi connectivity index (χ1n) is 10.1. The lowest BCUT2D eigenvalue weighted by Gasteiger charge is -2.27. The van der Waals surface area contributed by atoms with E-state index >= 15 is 0 Å². The van der Waals surface area contributed by atoms with Crippen molar-refractivity contribution in [2.24, 2.45) is 0 Å². The Morgan fingerprint density at radius 3 is 2.52 bits per heavy atom. The van der Waals surface area contributed by atoms with E-state index in [0.717, 1.165) is 5.56 Å². The number of nitrogens with one attached hydrogen (secondary N) is 1. The molecule has 3 aromatic rings. The number of hydrogen-bond acceptors (Lipinski definition) is 5. The summed E-state index contributed by atoms with van der Waals surface area (Å²) >= 11 is 6.20. The molecule has 1 N–H and O–H groups in total. The monoisotopic (exact) mass is 464 g/mol. The predicted molar refractivity (Wildman–Crippen MR) is 119 cm³/mol. The molecule has 1 amide bonds. The van der Waals surface area contributed by atoms with E-state index in [9.17, 15) is 14.7 Å². The molecule has 0 aliphatic carbocycles. The molecular formula is C25H21ClN2O5. The number of pyridine rings is 1. The highest BCUT2D eigenvalue weighted by molar-refractivity contribution is 6.46. The van der Waals surface area contributed by atoms with Crippen molar-refractivity contribution in [1.29, 1.82) is 0 Å². The zero-order chi connectivity index (χ0) is 23.5. The number of amides is 1. The summed E-state index contributed by atoms with van der Waals surface area (Å²) in [6.07, 6.45) is 3.48. The van der Waals surface area contributed by atoms with E-state index in [1.807, 2.05) is 6.07 Å². The standard InChI is InChI=1S/C25H21ClN2O5/c1-32-19-9-8-17(12-20(19)33-2)23(29)21-22(16-6-3-7-18(26)11-16)28(25(31)24(21)30)14-15-5-4-10-27-13-15/h3-13,22,29H,14H2,1-2H3/b23-21+. The van der Waals surface area contributed by atoms with Crippen LogP contribution >= 0.6 is 11.6 Å². The minimum atomic E-state index is -0.885. The Kier molecular flexibility index (Phi) is 6.33. The molecule has 8 heteroatoms. The third-order valence-corrected chi connectivity index (χ3v) is 5.70. The fourth-order valence-electron chi connectivity index (χ4n) is 3.92. The molecule has 0 saturated carbocycles. The number of ketones is 1. The maximum absolute atomic E-state index is 13.6. The van der Waals surface area contributed by atoms with Gasteiger partial charge in [-0.1, -0.05) is 35.6 Å². The molecule has 1 aliphatic heterocycles. The zero-order valence-electron chi connectivity index (χ0n) is 18.0. The summed E-state index contributed by atoms with van der Waals surface area (Å²) in [6.45, 7) is 0.141. The highest BCUT2D eigenvalue weighted by atomic mass is 35.5. The molecule has 1 aliphatic rings. The highest BCUT2D eigenvalue weighted by Gasteiger charge is 2.44. The molecule has 2 heterocycles. The molecule has 0 radical (unpaired) electrons. The number of nitrogens with zero attached hydrogens (tertiary/aromatic N) is 1. The summed E-state index contributed by atoms with van der Waals surface area (Å²) in [7, 11) is 2.94. The van der Waals surface area contributed by atoms with Crippen LogP contribution in [0.1, 0.15) is 22.7 Å². The van der Waals surface area contributed by atoms with Crippen LogP contribution in [0.3, 0.4) is 0 Å². The Hall–Kier alpha value is -3.84. The highest BCUT2D eigenvalue weighted by Crippen LogP contribution is 2.41. The van der Waals surface area contributed by atoms with Crippen molar-refractivity contribution in [1.82, 2.24) is 4.90 Å². The summed E-state index contributed by atoms with van der Waals surface area (Å²) in [5.41, 5.74) is 1.44. The Labute approximate surface area is 195 Å². The van der Waals surface area contributed by atoms with E-state index in [2.05, 4.69) is 4.98 Å². The number of Topliss-reactive ketones (excluding diaryl/α,β-unsaturated/α-hetero) is 1. The Morgan fingerprint density at radius 2 is 1.85 bits per heavy atom. The van der Waals surface area contributed by atoms with Gasteiger partial charge in [-0.2, -0.15) is 0 Å². The van der Waals surface area contributed by atoms with Gasteiger partial charge in [0.2, 0.25) is 5.78 Å². The first-order valence-corrected chi connectivity index (χ1v) is 10.5. The van der Waals surface area contributed by atoms with Crippen molar-refractivity contribution in [3.05, 3.63) is 94.3 Å². The van der Waals surface area contributed by atoms with Crippen molar-refractivity contribution in [3.8, 4) is 11.5 Å². The van der Waals surface area contributed by atoms with E-state index in [4.69, 9.17) is 21.1 Å². The number of carbonyl (C=O) groups excluding carboxylic acids is 2. The second-order valence-electron chi connectivity index (χ2n) is 7.44. The average Bonchev–Trinajstić information content (AvgIpc) is 3.08. The Morgan fingerprint density at radius 1 is 1.06 bits per heavy atom. The Balaban J connectivity index is 1.88. The summed E-state index contributed by atoms with van der Waals surface area (Å²) < 4.78 is 10.5. The van der Waals surface area contributed by atoms with Crippen LogP contribution in [-0.4, -0.2) is 30.8 Å². The van der Waals surface area contributed by atoms with Crippen molar-refractivity contribution in [2.45, 2.75) is 12.6 Å². The lowest BCUT2D eigenvalue weighted by atomic mass is 9.95. The predicted octanol–water partition coefficient (Wildman–Crippen LogP) is 2.60. The molecular weight excluding hydrogens is 444 g/mol. The molecule has 33 heavy (non-hydrogen) atoms. The number of ether oxygens (including phenoxy) is 2. The van der Waals surface area contributed by atoms with Gasteiger partial charge in [0.05, 0.1) is 26.8 Å². The number of benzene rings is 2. The van der Waals surface area contributed by atoms with E-state index in [0.29, 0.717) is 22.1 Å². The fraction of sp³-hybridized carbons (Fsp3) is 0.160. The maximum Gasteiger partial charge on any atom is 0.295 e. The van der Waals surface area contributed by atoms with Gasteiger partial charge in [0.25, 0.3) is 5.91 Å². The molecule has 7 nitrogen and oxygen atoms in total. The molecule has 168 valence electrons. The minimum absolute atomic E-state index is 0.130. The first kappa shape index (κ1) is 22.4. The van der Waals surface area contributed by atoms with Gasteiger partial charge in [-0.05, 0) is 41.5 Å². The lowest BCUT2D eigenvalue weighted by molar-refractivity contribution is -0.378. The first-order chi connectivity index (χ1) is 15.9. The van der Waals surface area contributed by atoms with E-state index < -0.39 is 23.5 Å². The molecule has 1 atom stereocenters. The van der Waals surface area contributed by atoms with Crippen LogP contribution in [0.25, 0.3) is 5.76 Å². The summed E-state index contributed by atoms with van der Waals surface area (Å²) in [6, 6.07) is 14.2. The van der Waals surface area contributed by atoms with Gasteiger partial charge in [-0.3, -0.25) is 9.59 Å². The largest absolute Gasteiger partial charge is 0.872 e. The summed E-state index contributed by atoms with van der Waals surface area (Å²) in [5.74, 6) is -1.34. The van der Waals surface area contributed by atoms with Gasteiger partial charge < -0.3 is 19.5 Å². The molecule has 4 rings (SSSR count). The van der Waals surface area contributed by atoms with Crippen LogP contribution in [-0.2, 0) is 16.1 Å². The number of likely N-dealkylation sites (tertiary alicyclic amines) is 1. The van der Waals surface area contributed by atoms with Gasteiger partial charge >= 0.3 is 0 Å². The third-order valence-electron chi connectivity index (χ3n) is 5.46. The van der Waals surface area contributed by atoms with E-state index in [1.54, 1.807) is 48.8 Å². The van der Waals surface area contributed by atoms with Gasteiger partial charge in [-0.25, -0.2) is 4.98 Å². The normalized spacial score (nSPS) is 17.3. The van der Waals surface area contributed by atoms with Crippen molar-refractivity contribution in [3.63, 3.8) is 0 Å². The molecule has 1 aromatic heterocycles. The van der Waals surface area contributed by atoms with Crippen LogP contribution < -0.4 is 19.6 Å². The van der Waals surface area contributed by atoms with Crippen LogP contribution in [0.5, 0.6) is 11.5 Å². The molecule has 1 fully saturated rings. The number of H-pyrrole nitrogens is 1. The number of carbonyl (C=O) groups is 2. The quantitative estimate of drug-likeness (QED) is 0.317. The molecule has 2 aromatic carbocycles. The summed E-state index contributed by atoms with van der Waals surface area (Å²) in [5, 5.41) is 14.0. The number of hydrogen-bond donors (Lipinski definition) is 0. The van der Waals surface area contributed by atoms with Crippen molar-refractivity contribution < 1.29 is 29.2 Å². The van der Waals surface area contributed by atoms with Crippen molar-refractivity contribution in [2.75, 3.05) is 14.2 Å².